The molecule has 1 aromatic carbocycles. The van der Waals surface area contributed by atoms with E-state index in [2.05, 4.69) is 10.1 Å². The van der Waals surface area contributed by atoms with E-state index in [4.69, 9.17) is 0 Å². The maximum atomic E-state index is 9.49. The number of nitrogens with zero attached hydrogens (tertiary/aromatic N) is 3. The molecule has 0 bridgehead atoms. The number of benzene rings is 1. The number of aromatic nitrogens is 3. The lowest BCUT2D eigenvalue weighted by Gasteiger charge is -1.98. The molecule has 0 saturated carbocycles. The topological polar surface area (TPSA) is 50.9 Å². The quantitative estimate of drug-likeness (QED) is 0.796. The van der Waals surface area contributed by atoms with Crippen LogP contribution >= 0.6 is 11.3 Å². The molecule has 1 N–H and O–H groups in total. The van der Waals surface area contributed by atoms with Crippen LogP contribution in [0.1, 0.15) is 18.0 Å². The molecule has 2 aromatic heterocycles. The molecule has 96 valence electrons. The zero-order chi connectivity index (χ0) is 13.2. The van der Waals surface area contributed by atoms with E-state index >= 15 is 0 Å². The second kappa shape index (κ2) is 4.95. The van der Waals surface area contributed by atoms with Crippen LogP contribution < -0.4 is 0 Å². The lowest BCUT2D eigenvalue weighted by atomic mass is 10.3. The molecule has 0 aliphatic rings. The summed E-state index contributed by atoms with van der Waals surface area (Å²) in [4.78, 5) is 4.40. The van der Waals surface area contributed by atoms with E-state index in [9.17, 15) is 5.11 Å². The first-order chi connectivity index (χ1) is 9.24. The van der Waals surface area contributed by atoms with Crippen LogP contribution in [0.15, 0.2) is 48.1 Å². The molecule has 0 aliphatic heterocycles. The Morgan fingerprint density at radius 1 is 1.26 bits per heavy atom. The monoisotopic (exact) mass is 271 g/mol. The van der Waals surface area contributed by atoms with E-state index in [0.29, 0.717) is 0 Å². The van der Waals surface area contributed by atoms with Gasteiger partial charge in [0, 0.05) is 17.1 Å². The molecule has 4 nitrogen and oxygen atoms in total. The number of hydrogen-bond donors (Lipinski definition) is 1. The first-order valence-electron chi connectivity index (χ1n) is 5.98. The summed E-state index contributed by atoms with van der Waals surface area (Å²) >= 11 is 1.46. The Balaban J connectivity index is 1.92. The predicted molar refractivity (Wildman–Crippen MR) is 75.3 cm³/mol. The normalized spacial score (nSPS) is 12.5. The zero-order valence-electron chi connectivity index (χ0n) is 10.4. The molecule has 0 saturated heterocycles. The summed E-state index contributed by atoms with van der Waals surface area (Å²) in [5.74, 6) is 0. The van der Waals surface area contributed by atoms with Gasteiger partial charge in [-0.05, 0) is 19.1 Å². The van der Waals surface area contributed by atoms with E-state index in [1.54, 1.807) is 13.1 Å². The molecule has 0 radical (unpaired) electrons. The van der Waals surface area contributed by atoms with E-state index < -0.39 is 6.10 Å². The molecule has 3 aromatic rings. The fourth-order valence-corrected chi connectivity index (χ4v) is 2.56. The summed E-state index contributed by atoms with van der Waals surface area (Å²) in [6.07, 6.45) is 3.20. The smallest absolute Gasteiger partial charge is 0.122 e. The number of aliphatic hydroxyl groups is 1. The predicted octanol–water partition coefficient (Wildman–Crippen LogP) is 3.05. The molecule has 0 aliphatic carbocycles. The van der Waals surface area contributed by atoms with Gasteiger partial charge in [0.2, 0.25) is 0 Å². The molecule has 19 heavy (non-hydrogen) atoms. The van der Waals surface area contributed by atoms with Crippen molar-refractivity contribution in [3.63, 3.8) is 0 Å². The third-order valence-corrected chi connectivity index (χ3v) is 3.79. The Bertz CT molecular complexity index is 673. The van der Waals surface area contributed by atoms with Gasteiger partial charge in [0.1, 0.15) is 11.1 Å². The minimum absolute atomic E-state index is 0.525. The van der Waals surface area contributed by atoms with Crippen LogP contribution in [0.4, 0.5) is 0 Å². The Hall–Kier alpha value is -1.98. The average molecular weight is 271 g/mol. The second-order valence-corrected chi connectivity index (χ2v) is 5.15. The van der Waals surface area contributed by atoms with Crippen molar-refractivity contribution in [2.24, 2.45) is 0 Å². The number of thiazole rings is 1. The lowest BCUT2D eigenvalue weighted by molar-refractivity contribution is 0.199. The van der Waals surface area contributed by atoms with Gasteiger partial charge in [-0.25, -0.2) is 9.67 Å². The van der Waals surface area contributed by atoms with E-state index in [1.165, 1.54) is 11.3 Å². The van der Waals surface area contributed by atoms with Gasteiger partial charge in [-0.1, -0.05) is 18.2 Å². The summed E-state index contributed by atoms with van der Waals surface area (Å²) in [7, 11) is 0. The number of para-hydroxylation sites is 1. The highest BCUT2D eigenvalue weighted by Crippen LogP contribution is 2.25. The van der Waals surface area contributed by atoms with Crippen LogP contribution in [-0.2, 0) is 0 Å². The molecule has 0 spiro atoms. The Morgan fingerprint density at radius 3 is 2.74 bits per heavy atom. The Morgan fingerprint density at radius 2 is 2.05 bits per heavy atom. The van der Waals surface area contributed by atoms with Gasteiger partial charge in [-0.2, -0.15) is 5.10 Å². The molecule has 3 rings (SSSR count). The van der Waals surface area contributed by atoms with Crippen molar-refractivity contribution in [3.05, 3.63) is 53.1 Å². The molecule has 0 amide bonds. The highest BCUT2D eigenvalue weighted by atomic mass is 32.1. The van der Waals surface area contributed by atoms with Crippen molar-refractivity contribution >= 4 is 11.3 Å². The van der Waals surface area contributed by atoms with E-state index in [1.807, 2.05) is 46.6 Å². The van der Waals surface area contributed by atoms with Gasteiger partial charge < -0.3 is 5.11 Å². The fourth-order valence-electron chi connectivity index (χ4n) is 1.79. The third-order valence-electron chi connectivity index (χ3n) is 2.78. The standard InChI is InChI=1S/C14H13N3OS/c1-10(18)14-16-13(9-19-14)11-7-15-17(8-11)12-5-3-2-4-6-12/h2-10,18H,1H3. The first kappa shape index (κ1) is 12.1. The van der Waals surface area contributed by atoms with Crippen molar-refractivity contribution in [2.75, 3.05) is 0 Å². The number of hydrogen-bond acceptors (Lipinski definition) is 4. The van der Waals surface area contributed by atoms with Crippen molar-refractivity contribution in [1.29, 1.82) is 0 Å². The van der Waals surface area contributed by atoms with Crippen LogP contribution in [0, 0.1) is 0 Å². The van der Waals surface area contributed by atoms with Gasteiger partial charge in [0.25, 0.3) is 0 Å². The summed E-state index contributed by atoms with van der Waals surface area (Å²) in [6, 6.07) is 9.93. The molecular weight excluding hydrogens is 258 g/mol. The second-order valence-electron chi connectivity index (χ2n) is 4.26. The van der Waals surface area contributed by atoms with Crippen molar-refractivity contribution in [3.8, 4) is 16.9 Å². The summed E-state index contributed by atoms with van der Waals surface area (Å²) < 4.78 is 1.82. The summed E-state index contributed by atoms with van der Waals surface area (Å²) in [6.45, 7) is 1.72. The van der Waals surface area contributed by atoms with Crippen molar-refractivity contribution in [1.82, 2.24) is 14.8 Å². The summed E-state index contributed by atoms with van der Waals surface area (Å²) in [5, 5.41) is 16.5. The van der Waals surface area contributed by atoms with Crippen LogP contribution in [0.25, 0.3) is 16.9 Å². The highest BCUT2D eigenvalue weighted by Gasteiger charge is 2.10. The SMILES string of the molecule is CC(O)c1nc(-c2cnn(-c3ccccc3)c2)cs1. The Kier molecular flexibility index (Phi) is 3.15. The van der Waals surface area contributed by atoms with Gasteiger partial charge >= 0.3 is 0 Å². The van der Waals surface area contributed by atoms with E-state index in [0.717, 1.165) is 22.0 Å². The van der Waals surface area contributed by atoms with Crippen LogP contribution in [0.2, 0.25) is 0 Å². The van der Waals surface area contributed by atoms with Gasteiger partial charge in [-0.3, -0.25) is 0 Å². The Labute approximate surface area is 115 Å². The van der Waals surface area contributed by atoms with Crippen LogP contribution in [-0.4, -0.2) is 19.9 Å². The number of aliphatic hydroxyl groups excluding tert-OH is 1. The fraction of sp³-hybridized carbons (Fsp3) is 0.143. The average Bonchev–Trinajstić information content (AvgIpc) is 3.09. The van der Waals surface area contributed by atoms with Crippen molar-refractivity contribution < 1.29 is 5.11 Å². The minimum atomic E-state index is -0.525. The molecular formula is C14H13N3OS. The zero-order valence-corrected chi connectivity index (χ0v) is 11.2. The number of rotatable bonds is 3. The maximum absolute atomic E-state index is 9.49. The highest BCUT2D eigenvalue weighted by molar-refractivity contribution is 7.10. The first-order valence-corrected chi connectivity index (χ1v) is 6.86. The molecule has 5 heteroatoms. The largest absolute Gasteiger partial charge is 0.386 e. The third kappa shape index (κ3) is 2.43. The van der Waals surface area contributed by atoms with Crippen LogP contribution in [0.3, 0.4) is 0 Å². The summed E-state index contributed by atoms with van der Waals surface area (Å²) in [5.41, 5.74) is 2.81. The molecule has 1 unspecified atom stereocenters. The van der Waals surface area contributed by atoms with Crippen molar-refractivity contribution in [2.45, 2.75) is 13.0 Å². The molecule has 2 heterocycles. The van der Waals surface area contributed by atoms with Gasteiger partial charge in [0.15, 0.2) is 0 Å². The molecule has 0 fully saturated rings. The lowest BCUT2D eigenvalue weighted by Crippen LogP contribution is -1.92. The van der Waals surface area contributed by atoms with Gasteiger partial charge in [-0.15, -0.1) is 11.3 Å². The molecule has 1 atom stereocenters. The maximum Gasteiger partial charge on any atom is 0.122 e. The van der Waals surface area contributed by atoms with Crippen LogP contribution in [0.5, 0.6) is 0 Å². The van der Waals surface area contributed by atoms with E-state index in [-0.39, 0.29) is 0 Å². The van der Waals surface area contributed by atoms with Gasteiger partial charge in [0.05, 0.1) is 17.6 Å². The minimum Gasteiger partial charge on any atom is -0.386 e.